The van der Waals surface area contributed by atoms with Gasteiger partial charge in [-0.2, -0.15) is 0 Å². The molecule has 1 aliphatic rings. The predicted molar refractivity (Wildman–Crippen MR) is 94.1 cm³/mol. The van der Waals surface area contributed by atoms with Crippen molar-refractivity contribution in [1.82, 2.24) is 10.6 Å². The molecule has 23 heavy (non-hydrogen) atoms. The maximum atomic E-state index is 5.92. The first-order chi connectivity index (χ1) is 11.4. The summed E-state index contributed by atoms with van der Waals surface area (Å²) < 4.78 is 16.3. The Kier molecular flexibility index (Phi) is 12.9. The number of nitrogens with one attached hydrogen (secondary N) is 2. The maximum Gasteiger partial charge on any atom is 0.190 e. The van der Waals surface area contributed by atoms with Gasteiger partial charge in [0.1, 0.15) is 0 Å². The minimum Gasteiger partial charge on any atom is -0.382 e. The Hall–Kier alpha value is -0.850. The van der Waals surface area contributed by atoms with Crippen molar-refractivity contribution in [2.24, 2.45) is 4.99 Å². The number of guanidine groups is 1. The zero-order valence-corrected chi connectivity index (χ0v) is 14.9. The first-order valence-electron chi connectivity index (χ1n) is 8.99. The molecule has 2 N–H and O–H groups in total. The molecule has 0 aromatic heterocycles. The molecule has 1 saturated carbocycles. The van der Waals surface area contributed by atoms with Crippen LogP contribution >= 0.6 is 0 Å². The molecule has 1 fully saturated rings. The smallest absolute Gasteiger partial charge is 0.190 e. The first-order valence-corrected chi connectivity index (χ1v) is 8.99. The lowest BCUT2D eigenvalue weighted by Gasteiger charge is -2.22. The van der Waals surface area contributed by atoms with Gasteiger partial charge in [-0.1, -0.05) is 19.3 Å². The van der Waals surface area contributed by atoms with Crippen molar-refractivity contribution in [2.75, 3.05) is 53.7 Å². The maximum absolute atomic E-state index is 5.92. The van der Waals surface area contributed by atoms with E-state index in [1.54, 1.807) is 14.2 Å². The van der Waals surface area contributed by atoms with Gasteiger partial charge in [0.2, 0.25) is 0 Å². The van der Waals surface area contributed by atoms with Crippen molar-refractivity contribution in [3.05, 3.63) is 0 Å². The molecular weight excluding hydrogens is 294 g/mol. The third-order valence-corrected chi connectivity index (χ3v) is 3.93. The molecule has 0 unspecified atom stereocenters. The van der Waals surface area contributed by atoms with Crippen molar-refractivity contribution < 1.29 is 14.2 Å². The van der Waals surface area contributed by atoms with E-state index in [0.29, 0.717) is 19.3 Å². The summed E-state index contributed by atoms with van der Waals surface area (Å²) in [5, 5.41) is 6.60. The number of methoxy groups -OCH3 is 1. The van der Waals surface area contributed by atoms with Gasteiger partial charge in [0.15, 0.2) is 5.96 Å². The number of nitrogens with zero attached hydrogens (tertiary/aromatic N) is 1. The molecule has 1 aliphatic carbocycles. The summed E-state index contributed by atoms with van der Waals surface area (Å²) in [4.78, 5) is 4.22. The number of hydrogen-bond donors (Lipinski definition) is 2. The topological polar surface area (TPSA) is 64.1 Å². The van der Waals surface area contributed by atoms with E-state index in [9.17, 15) is 0 Å². The summed E-state index contributed by atoms with van der Waals surface area (Å²) in [6, 6.07) is 0. The zero-order chi connectivity index (χ0) is 16.6. The summed E-state index contributed by atoms with van der Waals surface area (Å²) in [6.45, 7) is 4.62. The van der Waals surface area contributed by atoms with Crippen LogP contribution in [0.15, 0.2) is 4.99 Å². The molecule has 0 heterocycles. The van der Waals surface area contributed by atoms with Crippen LogP contribution in [0.4, 0.5) is 0 Å². The second-order valence-corrected chi connectivity index (χ2v) is 5.87. The van der Waals surface area contributed by atoms with Gasteiger partial charge in [0.05, 0.1) is 19.3 Å². The van der Waals surface area contributed by atoms with Gasteiger partial charge in [0, 0.05) is 40.5 Å². The van der Waals surface area contributed by atoms with E-state index in [2.05, 4.69) is 15.6 Å². The average Bonchev–Trinajstić information content (AvgIpc) is 2.59. The lowest BCUT2D eigenvalue weighted by atomic mass is 9.98. The molecule has 136 valence electrons. The molecule has 0 atom stereocenters. The lowest BCUT2D eigenvalue weighted by Crippen LogP contribution is -2.38. The molecule has 0 aromatic carbocycles. The largest absolute Gasteiger partial charge is 0.382 e. The molecule has 0 amide bonds. The minimum atomic E-state index is 0.499. The van der Waals surface area contributed by atoms with Gasteiger partial charge >= 0.3 is 0 Å². The van der Waals surface area contributed by atoms with Crippen molar-refractivity contribution in [2.45, 2.75) is 51.0 Å². The van der Waals surface area contributed by atoms with Gasteiger partial charge in [0.25, 0.3) is 0 Å². The van der Waals surface area contributed by atoms with E-state index in [-0.39, 0.29) is 0 Å². The number of rotatable bonds is 12. The van der Waals surface area contributed by atoms with Crippen LogP contribution in [0.5, 0.6) is 0 Å². The molecule has 1 rings (SSSR count). The van der Waals surface area contributed by atoms with Crippen molar-refractivity contribution in [3.8, 4) is 0 Å². The lowest BCUT2D eigenvalue weighted by molar-refractivity contribution is 0.0277. The quantitative estimate of drug-likeness (QED) is 0.325. The Morgan fingerprint density at radius 1 is 0.957 bits per heavy atom. The standard InChI is InChI=1S/C17H35N3O3/c1-18-17(19-10-6-12-22-15-14-21-2)20-11-7-13-23-16-8-4-3-5-9-16/h16H,3-15H2,1-2H3,(H2,18,19,20). The Bertz CT molecular complexity index is 295. The third-order valence-electron chi connectivity index (χ3n) is 3.93. The van der Waals surface area contributed by atoms with E-state index >= 15 is 0 Å². The molecule has 0 radical (unpaired) electrons. The van der Waals surface area contributed by atoms with E-state index in [4.69, 9.17) is 14.2 Å². The van der Waals surface area contributed by atoms with Crippen LogP contribution in [0.25, 0.3) is 0 Å². The molecule has 0 aromatic rings. The Labute approximate surface area is 141 Å². The van der Waals surface area contributed by atoms with Crippen molar-refractivity contribution >= 4 is 5.96 Å². The zero-order valence-electron chi connectivity index (χ0n) is 14.9. The fourth-order valence-electron chi connectivity index (χ4n) is 2.61. The summed E-state index contributed by atoms with van der Waals surface area (Å²) >= 11 is 0. The Balaban J connectivity index is 1.90. The minimum absolute atomic E-state index is 0.499. The molecule has 6 nitrogen and oxygen atoms in total. The van der Waals surface area contributed by atoms with Gasteiger partial charge in [-0.15, -0.1) is 0 Å². The average molecular weight is 329 g/mol. The van der Waals surface area contributed by atoms with Gasteiger partial charge in [-0.3, -0.25) is 4.99 Å². The highest BCUT2D eigenvalue weighted by atomic mass is 16.5. The fraction of sp³-hybridized carbons (Fsp3) is 0.941. The second-order valence-electron chi connectivity index (χ2n) is 5.87. The highest BCUT2D eigenvalue weighted by molar-refractivity contribution is 5.79. The van der Waals surface area contributed by atoms with Crippen LogP contribution < -0.4 is 10.6 Å². The number of hydrogen-bond acceptors (Lipinski definition) is 4. The van der Waals surface area contributed by atoms with Crippen LogP contribution in [0, 0.1) is 0 Å². The first kappa shape index (κ1) is 20.2. The summed E-state index contributed by atoms with van der Waals surface area (Å²) in [7, 11) is 3.48. The van der Waals surface area contributed by atoms with Crippen LogP contribution in [-0.4, -0.2) is 65.7 Å². The van der Waals surface area contributed by atoms with Crippen LogP contribution in [0.2, 0.25) is 0 Å². The van der Waals surface area contributed by atoms with E-state index < -0.39 is 0 Å². The normalized spacial score (nSPS) is 16.5. The van der Waals surface area contributed by atoms with E-state index in [1.165, 1.54) is 32.1 Å². The van der Waals surface area contributed by atoms with Crippen molar-refractivity contribution in [3.63, 3.8) is 0 Å². The molecule has 6 heteroatoms. The Morgan fingerprint density at radius 2 is 1.65 bits per heavy atom. The number of aliphatic imine (C=N–C) groups is 1. The molecule has 0 saturated heterocycles. The summed E-state index contributed by atoms with van der Waals surface area (Å²) in [5.41, 5.74) is 0. The predicted octanol–water partition coefficient (Wildman–Crippen LogP) is 1.94. The highest BCUT2D eigenvalue weighted by Gasteiger charge is 2.12. The monoisotopic (exact) mass is 329 g/mol. The van der Waals surface area contributed by atoms with Gasteiger partial charge < -0.3 is 24.8 Å². The third kappa shape index (κ3) is 11.3. The fourth-order valence-corrected chi connectivity index (χ4v) is 2.61. The molecule has 0 aliphatic heterocycles. The van der Waals surface area contributed by atoms with Gasteiger partial charge in [-0.05, 0) is 25.7 Å². The van der Waals surface area contributed by atoms with E-state index in [1.807, 2.05) is 0 Å². The molecular formula is C17H35N3O3. The van der Waals surface area contributed by atoms with Gasteiger partial charge in [-0.25, -0.2) is 0 Å². The highest BCUT2D eigenvalue weighted by Crippen LogP contribution is 2.20. The summed E-state index contributed by atoms with van der Waals surface area (Å²) in [5.74, 6) is 0.847. The van der Waals surface area contributed by atoms with Crippen LogP contribution in [0.3, 0.4) is 0 Å². The SMILES string of the molecule is CN=C(NCCCOCCOC)NCCCOC1CCCCC1. The molecule has 0 bridgehead atoms. The Morgan fingerprint density at radius 3 is 2.30 bits per heavy atom. The van der Waals surface area contributed by atoms with Crippen molar-refractivity contribution in [1.29, 1.82) is 0 Å². The number of ether oxygens (including phenoxy) is 3. The summed E-state index contributed by atoms with van der Waals surface area (Å²) in [6.07, 6.45) is 8.97. The van der Waals surface area contributed by atoms with Crippen LogP contribution in [-0.2, 0) is 14.2 Å². The molecule has 0 spiro atoms. The van der Waals surface area contributed by atoms with E-state index in [0.717, 1.165) is 45.1 Å². The van der Waals surface area contributed by atoms with Crippen LogP contribution in [0.1, 0.15) is 44.9 Å². The second kappa shape index (κ2) is 14.7.